The van der Waals surface area contributed by atoms with Gasteiger partial charge in [-0.1, -0.05) is 0 Å². The Hall–Kier alpha value is -2.08. The number of anilines is 2. The van der Waals surface area contributed by atoms with Gasteiger partial charge in [-0.3, -0.25) is 4.79 Å². The van der Waals surface area contributed by atoms with Crippen LogP contribution in [0, 0.1) is 0 Å². The third-order valence-electron chi connectivity index (χ3n) is 3.24. The lowest BCUT2D eigenvalue weighted by Gasteiger charge is -2.40. The summed E-state index contributed by atoms with van der Waals surface area (Å²) in [6.45, 7) is 1.58. The van der Waals surface area contributed by atoms with E-state index in [1.165, 1.54) is 6.07 Å². The number of carbonyl (C=O) groups excluding carboxylic acids is 1. The summed E-state index contributed by atoms with van der Waals surface area (Å²) >= 11 is 0. The molecule has 2 aliphatic rings. The summed E-state index contributed by atoms with van der Waals surface area (Å²) in [5.41, 5.74) is 1.58. The smallest absolute Gasteiger partial charge is 0.335 e. The Bertz CT molecular complexity index is 529. The first kappa shape index (κ1) is 11.0. The lowest BCUT2D eigenvalue weighted by atomic mass is 10.1. The van der Waals surface area contributed by atoms with Crippen molar-refractivity contribution in [1.29, 1.82) is 0 Å². The Labute approximate surface area is 103 Å². The van der Waals surface area contributed by atoms with Gasteiger partial charge in [-0.05, 0) is 18.2 Å². The van der Waals surface area contributed by atoms with Crippen molar-refractivity contribution in [2.24, 2.45) is 0 Å². The molecule has 0 aromatic heterocycles. The number of morpholine rings is 1. The zero-order valence-electron chi connectivity index (χ0n) is 9.55. The zero-order valence-corrected chi connectivity index (χ0v) is 9.55. The van der Waals surface area contributed by atoms with Crippen LogP contribution in [0.15, 0.2) is 18.2 Å². The minimum atomic E-state index is -1.00. The number of hydrogen-bond donors (Lipinski definition) is 2. The average molecular weight is 248 g/mol. The number of rotatable bonds is 1. The summed E-state index contributed by atoms with van der Waals surface area (Å²) in [7, 11) is 0. The van der Waals surface area contributed by atoms with Crippen molar-refractivity contribution < 1.29 is 19.4 Å². The average Bonchev–Trinajstić information content (AvgIpc) is 2.38. The van der Waals surface area contributed by atoms with E-state index in [2.05, 4.69) is 5.32 Å². The molecule has 6 heteroatoms. The normalized spacial score (nSPS) is 21.9. The largest absolute Gasteiger partial charge is 0.478 e. The van der Waals surface area contributed by atoms with Gasteiger partial charge in [-0.25, -0.2) is 4.79 Å². The molecule has 0 aliphatic carbocycles. The quantitative estimate of drug-likeness (QED) is 0.758. The molecule has 1 fully saturated rings. The van der Waals surface area contributed by atoms with Crippen LogP contribution in [0.4, 0.5) is 11.4 Å². The molecule has 2 heterocycles. The molecule has 2 aliphatic heterocycles. The van der Waals surface area contributed by atoms with Crippen molar-refractivity contribution in [3.8, 4) is 0 Å². The highest BCUT2D eigenvalue weighted by molar-refractivity contribution is 6.05. The van der Waals surface area contributed by atoms with Crippen LogP contribution >= 0.6 is 0 Å². The molecule has 1 unspecified atom stereocenters. The lowest BCUT2D eigenvalue weighted by molar-refractivity contribution is -0.119. The summed E-state index contributed by atoms with van der Waals surface area (Å²) in [5.74, 6) is -1.15. The van der Waals surface area contributed by atoms with Gasteiger partial charge in [-0.15, -0.1) is 0 Å². The standard InChI is InChI=1S/C12H12N2O4/c15-11-10-6-18-4-3-14(10)9-2-1-7(12(16)17)5-8(9)13-11/h1-2,5,10H,3-4,6H2,(H,13,15)(H,16,17). The van der Waals surface area contributed by atoms with Crippen molar-refractivity contribution in [1.82, 2.24) is 0 Å². The van der Waals surface area contributed by atoms with E-state index in [0.717, 1.165) is 5.69 Å². The van der Waals surface area contributed by atoms with E-state index in [9.17, 15) is 9.59 Å². The van der Waals surface area contributed by atoms with Gasteiger partial charge in [0.1, 0.15) is 6.04 Å². The Morgan fingerprint density at radius 1 is 1.50 bits per heavy atom. The van der Waals surface area contributed by atoms with E-state index in [1.54, 1.807) is 12.1 Å². The van der Waals surface area contributed by atoms with Gasteiger partial charge in [-0.2, -0.15) is 0 Å². The third kappa shape index (κ3) is 1.62. The maximum Gasteiger partial charge on any atom is 0.335 e. The maximum absolute atomic E-state index is 11.9. The summed E-state index contributed by atoms with van der Waals surface area (Å²) in [4.78, 5) is 24.8. The highest BCUT2D eigenvalue weighted by atomic mass is 16.5. The highest BCUT2D eigenvalue weighted by Gasteiger charge is 2.35. The number of ether oxygens (including phenoxy) is 1. The molecule has 3 rings (SSSR count). The Balaban J connectivity index is 2.04. The topological polar surface area (TPSA) is 78.9 Å². The minimum absolute atomic E-state index is 0.148. The molecule has 1 aromatic rings. The van der Waals surface area contributed by atoms with Crippen LogP contribution in [0.5, 0.6) is 0 Å². The number of carboxylic acid groups (broad SMARTS) is 1. The van der Waals surface area contributed by atoms with Crippen LogP contribution in [0.3, 0.4) is 0 Å². The fourth-order valence-electron chi connectivity index (χ4n) is 2.34. The molecule has 2 N–H and O–H groups in total. The second-order valence-corrected chi connectivity index (χ2v) is 4.31. The van der Waals surface area contributed by atoms with Crippen molar-refractivity contribution in [2.45, 2.75) is 6.04 Å². The Morgan fingerprint density at radius 2 is 2.33 bits per heavy atom. The van der Waals surface area contributed by atoms with Gasteiger partial charge in [0.15, 0.2) is 0 Å². The van der Waals surface area contributed by atoms with Crippen molar-refractivity contribution >= 4 is 23.3 Å². The highest BCUT2D eigenvalue weighted by Crippen LogP contribution is 2.33. The molecule has 0 bridgehead atoms. The van der Waals surface area contributed by atoms with Gasteiger partial charge in [0.2, 0.25) is 5.91 Å². The number of fused-ring (bicyclic) bond motifs is 3. The van der Waals surface area contributed by atoms with E-state index >= 15 is 0 Å². The van der Waals surface area contributed by atoms with Gasteiger partial charge >= 0.3 is 5.97 Å². The minimum Gasteiger partial charge on any atom is -0.478 e. The zero-order chi connectivity index (χ0) is 12.7. The number of carbonyl (C=O) groups is 2. The third-order valence-corrected chi connectivity index (χ3v) is 3.24. The van der Waals surface area contributed by atoms with Crippen LogP contribution < -0.4 is 10.2 Å². The van der Waals surface area contributed by atoms with Crippen molar-refractivity contribution in [3.05, 3.63) is 23.8 Å². The molecule has 1 saturated heterocycles. The number of nitrogens with one attached hydrogen (secondary N) is 1. The molecule has 18 heavy (non-hydrogen) atoms. The second kappa shape index (κ2) is 3.99. The first-order chi connectivity index (χ1) is 8.66. The first-order valence-electron chi connectivity index (χ1n) is 5.69. The second-order valence-electron chi connectivity index (χ2n) is 4.31. The lowest BCUT2D eigenvalue weighted by Crippen LogP contribution is -2.54. The van der Waals surface area contributed by atoms with E-state index in [4.69, 9.17) is 9.84 Å². The van der Waals surface area contributed by atoms with Crippen LogP contribution in [0.1, 0.15) is 10.4 Å². The molecule has 0 spiro atoms. The fourth-order valence-corrected chi connectivity index (χ4v) is 2.34. The van der Waals surface area contributed by atoms with Gasteiger partial charge in [0.05, 0.1) is 30.2 Å². The molecule has 0 radical (unpaired) electrons. The number of aromatic carboxylic acids is 1. The molecular weight excluding hydrogens is 236 g/mol. The SMILES string of the molecule is O=C(O)c1ccc2c(c1)NC(=O)C1COCCN21. The van der Waals surface area contributed by atoms with Crippen molar-refractivity contribution in [2.75, 3.05) is 30.0 Å². The first-order valence-corrected chi connectivity index (χ1v) is 5.69. The van der Waals surface area contributed by atoms with Crippen molar-refractivity contribution in [3.63, 3.8) is 0 Å². The summed E-state index contributed by atoms with van der Waals surface area (Å²) in [6.07, 6.45) is 0. The van der Waals surface area contributed by atoms with Gasteiger partial charge in [0, 0.05) is 6.54 Å². The van der Waals surface area contributed by atoms with Crippen LogP contribution in [0.25, 0.3) is 0 Å². The summed E-state index contributed by atoms with van der Waals surface area (Å²) in [6, 6.07) is 4.45. The van der Waals surface area contributed by atoms with Crippen LogP contribution in [0.2, 0.25) is 0 Å². The molecule has 1 atom stereocenters. The van der Waals surface area contributed by atoms with E-state index in [0.29, 0.717) is 25.4 Å². The molecule has 1 aromatic carbocycles. The number of hydrogen-bond acceptors (Lipinski definition) is 4. The number of carboxylic acids is 1. The predicted molar refractivity (Wildman–Crippen MR) is 64.0 cm³/mol. The summed E-state index contributed by atoms with van der Waals surface area (Å²) in [5, 5.41) is 11.7. The molecule has 6 nitrogen and oxygen atoms in total. The van der Waals surface area contributed by atoms with Gasteiger partial charge < -0.3 is 20.1 Å². The number of benzene rings is 1. The van der Waals surface area contributed by atoms with Gasteiger partial charge in [0.25, 0.3) is 0 Å². The summed E-state index contributed by atoms with van der Waals surface area (Å²) < 4.78 is 5.29. The van der Waals surface area contributed by atoms with E-state index in [-0.39, 0.29) is 17.5 Å². The van der Waals surface area contributed by atoms with E-state index < -0.39 is 5.97 Å². The number of nitrogens with zero attached hydrogens (tertiary/aromatic N) is 1. The number of amides is 1. The van der Waals surface area contributed by atoms with E-state index in [1.807, 2.05) is 4.90 Å². The molecule has 0 saturated carbocycles. The monoisotopic (exact) mass is 248 g/mol. The maximum atomic E-state index is 11.9. The Morgan fingerprint density at radius 3 is 3.11 bits per heavy atom. The Kier molecular flexibility index (Phi) is 2.45. The molecular formula is C12H12N2O4. The van der Waals surface area contributed by atoms with Crippen LogP contribution in [-0.4, -0.2) is 42.8 Å². The fraction of sp³-hybridized carbons (Fsp3) is 0.333. The van der Waals surface area contributed by atoms with Crippen LogP contribution in [-0.2, 0) is 9.53 Å². The molecule has 1 amide bonds. The molecule has 94 valence electrons. The predicted octanol–water partition coefficient (Wildman–Crippen LogP) is 0.542.